The van der Waals surface area contributed by atoms with Crippen LogP contribution in [0.4, 0.5) is 5.69 Å². The Balaban J connectivity index is 1.90. The number of rotatable bonds is 4. The van der Waals surface area contributed by atoms with E-state index < -0.39 is 0 Å². The van der Waals surface area contributed by atoms with E-state index >= 15 is 0 Å². The molecule has 116 valence electrons. The van der Waals surface area contributed by atoms with Gasteiger partial charge in [-0.25, -0.2) is 0 Å². The van der Waals surface area contributed by atoms with Crippen LogP contribution >= 0.6 is 0 Å². The molecular formula is C18H29N3. The van der Waals surface area contributed by atoms with Gasteiger partial charge in [-0.2, -0.15) is 0 Å². The second-order valence-electron chi connectivity index (χ2n) is 6.59. The average molecular weight is 287 g/mol. The van der Waals surface area contributed by atoms with Crippen LogP contribution in [0.1, 0.15) is 36.9 Å². The minimum Gasteiger partial charge on any atom is -0.374 e. The van der Waals surface area contributed by atoms with E-state index in [-0.39, 0.29) is 0 Å². The summed E-state index contributed by atoms with van der Waals surface area (Å²) in [5.41, 5.74) is 4.52. The van der Waals surface area contributed by atoms with Crippen molar-refractivity contribution in [2.45, 2.75) is 32.2 Å². The first kappa shape index (κ1) is 14.9. The van der Waals surface area contributed by atoms with E-state index in [1.165, 1.54) is 43.6 Å². The fourth-order valence-electron chi connectivity index (χ4n) is 4.23. The number of hydrogen-bond acceptors (Lipinski definition) is 3. The molecule has 2 unspecified atom stereocenters. The highest BCUT2D eigenvalue weighted by Gasteiger charge is 2.34. The highest BCUT2D eigenvalue weighted by Crippen LogP contribution is 2.39. The Morgan fingerprint density at radius 1 is 1.29 bits per heavy atom. The molecule has 2 aliphatic rings. The van der Waals surface area contributed by atoms with E-state index in [0.29, 0.717) is 6.04 Å². The first-order valence-electron chi connectivity index (χ1n) is 8.47. The quantitative estimate of drug-likeness (QED) is 0.918. The average Bonchev–Trinajstić information content (AvgIpc) is 2.90. The summed E-state index contributed by atoms with van der Waals surface area (Å²) in [4.78, 5) is 5.05. The van der Waals surface area contributed by atoms with Gasteiger partial charge in [0.1, 0.15) is 0 Å². The highest BCUT2D eigenvalue weighted by atomic mass is 15.2. The lowest BCUT2D eigenvalue weighted by molar-refractivity contribution is 0.238. The predicted molar refractivity (Wildman–Crippen MR) is 90.1 cm³/mol. The standard InChI is InChI=1S/C18H29N3/c1-4-21-11-9-16(13-19-2)18(21)15-7-8-17-14(12-15)6-5-10-20(17)3/h7-8,12,16,18-19H,4-6,9-11,13H2,1-3H3. The highest BCUT2D eigenvalue weighted by molar-refractivity contribution is 5.56. The van der Waals surface area contributed by atoms with E-state index in [0.717, 1.165) is 19.0 Å². The van der Waals surface area contributed by atoms with Crippen LogP contribution in [0.5, 0.6) is 0 Å². The SMILES string of the molecule is CCN1CCC(CNC)C1c1ccc2c(c1)CCCN2C. The van der Waals surface area contributed by atoms with Gasteiger partial charge in [0.15, 0.2) is 0 Å². The third-order valence-electron chi connectivity index (χ3n) is 5.30. The molecule has 1 saturated heterocycles. The molecule has 1 aromatic carbocycles. The Labute approximate surface area is 129 Å². The van der Waals surface area contributed by atoms with Crippen molar-refractivity contribution in [3.8, 4) is 0 Å². The van der Waals surface area contributed by atoms with E-state index in [2.05, 4.69) is 54.3 Å². The molecule has 0 radical (unpaired) electrons. The number of likely N-dealkylation sites (tertiary alicyclic amines) is 1. The van der Waals surface area contributed by atoms with Crippen molar-refractivity contribution in [2.75, 3.05) is 45.2 Å². The van der Waals surface area contributed by atoms with E-state index in [1.54, 1.807) is 5.56 Å². The zero-order valence-electron chi connectivity index (χ0n) is 13.7. The van der Waals surface area contributed by atoms with Crippen molar-refractivity contribution in [2.24, 2.45) is 5.92 Å². The molecule has 3 nitrogen and oxygen atoms in total. The molecular weight excluding hydrogens is 258 g/mol. The fourth-order valence-corrected chi connectivity index (χ4v) is 4.23. The van der Waals surface area contributed by atoms with Crippen LogP contribution in [-0.4, -0.2) is 45.2 Å². The Bertz CT molecular complexity index is 485. The van der Waals surface area contributed by atoms with Gasteiger partial charge in [-0.15, -0.1) is 0 Å². The Morgan fingerprint density at radius 3 is 2.90 bits per heavy atom. The van der Waals surface area contributed by atoms with Crippen molar-refractivity contribution in [1.29, 1.82) is 0 Å². The Hall–Kier alpha value is -1.06. The van der Waals surface area contributed by atoms with Crippen molar-refractivity contribution >= 4 is 5.69 Å². The molecule has 2 aliphatic heterocycles. The molecule has 0 aliphatic carbocycles. The van der Waals surface area contributed by atoms with Crippen molar-refractivity contribution < 1.29 is 0 Å². The summed E-state index contributed by atoms with van der Waals surface area (Å²) in [5, 5.41) is 3.39. The molecule has 1 fully saturated rings. The lowest BCUT2D eigenvalue weighted by Crippen LogP contribution is -2.30. The molecule has 2 atom stereocenters. The first-order valence-corrected chi connectivity index (χ1v) is 8.47. The van der Waals surface area contributed by atoms with Crippen LogP contribution < -0.4 is 10.2 Å². The number of nitrogens with one attached hydrogen (secondary N) is 1. The van der Waals surface area contributed by atoms with Gasteiger partial charge >= 0.3 is 0 Å². The number of fused-ring (bicyclic) bond motifs is 1. The first-order chi connectivity index (χ1) is 10.2. The number of nitrogens with zero attached hydrogens (tertiary/aromatic N) is 2. The largest absolute Gasteiger partial charge is 0.374 e. The van der Waals surface area contributed by atoms with Crippen LogP contribution in [0.3, 0.4) is 0 Å². The van der Waals surface area contributed by atoms with Crippen molar-refractivity contribution in [3.05, 3.63) is 29.3 Å². The third-order valence-corrected chi connectivity index (χ3v) is 5.30. The van der Waals surface area contributed by atoms with Crippen molar-refractivity contribution in [3.63, 3.8) is 0 Å². The summed E-state index contributed by atoms with van der Waals surface area (Å²) < 4.78 is 0. The summed E-state index contributed by atoms with van der Waals surface area (Å²) in [6.07, 6.45) is 3.84. The number of benzene rings is 1. The summed E-state index contributed by atoms with van der Waals surface area (Å²) in [6, 6.07) is 7.82. The maximum Gasteiger partial charge on any atom is 0.0396 e. The van der Waals surface area contributed by atoms with Crippen LogP contribution in [0.2, 0.25) is 0 Å². The number of anilines is 1. The molecule has 2 heterocycles. The van der Waals surface area contributed by atoms with Gasteiger partial charge in [-0.05, 0) is 69.1 Å². The minimum atomic E-state index is 0.597. The molecule has 0 saturated carbocycles. The second kappa shape index (κ2) is 6.37. The smallest absolute Gasteiger partial charge is 0.0396 e. The summed E-state index contributed by atoms with van der Waals surface area (Å²) >= 11 is 0. The van der Waals surface area contributed by atoms with Gasteiger partial charge in [-0.3, -0.25) is 4.90 Å². The minimum absolute atomic E-state index is 0.597. The summed E-state index contributed by atoms with van der Waals surface area (Å²) in [6.45, 7) is 7.00. The molecule has 1 N–H and O–H groups in total. The number of hydrogen-bond donors (Lipinski definition) is 1. The van der Waals surface area contributed by atoms with Crippen LogP contribution in [0, 0.1) is 5.92 Å². The van der Waals surface area contributed by atoms with E-state index in [1.807, 2.05) is 0 Å². The van der Waals surface area contributed by atoms with Crippen molar-refractivity contribution in [1.82, 2.24) is 10.2 Å². The third kappa shape index (κ3) is 2.82. The van der Waals surface area contributed by atoms with E-state index in [9.17, 15) is 0 Å². The molecule has 0 amide bonds. The Kier molecular flexibility index (Phi) is 4.51. The maximum absolute atomic E-state index is 3.39. The van der Waals surface area contributed by atoms with Crippen LogP contribution in [0.25, 0.3) is 0 Å². The molecule has 21 heavy (non-hydrogen) atoms. The van der Waals surface area contributed by atoms with Crippen LogP contribution in [-0.2, 0) is 6.42 Å². The molecule has 0 aromatic heterocycles. The van der Waals surface area contributed by atoms with Crippen LogP contribution in [0.15, 0.2) is 18.2 Å². The lowest BCUT2D eigenvalue weighted by Gasteiger charge is -2.31. The summed E-state index contributed by atoms with van der Waals surface area (Å²) in [5.74, 6) is 0.745. The molecule has 0 spiro atoms. The Morgan fingerprint density at radius 2 is 2.14 bits per heavy atom. The van der Waals surface area contributed by atoms with Gasteiger partial charge < -0.3 is 10.2 Å². The van der Waals surface area contributed by atoms with E-state index in [4.69, 9.17) is 0 Å². The van der Waals surface area contributed by atoms with Gasteiger partial charge in [-0.1, -0.05) is 19.1 Å². The normalized spacial score (nSPS) is 26.1. The maximum atomic E-state index is 3.39. The second-order valence-corrected chi connectivity index (χ2v) is 6.59. The van der Waals surface area contributed by atoms with Gasteiger partial charge in [0.25, 0.3) is 0 Å². The summed E-state index contributed by atoms with van der Waals surface area (Å²) in [7, 11) is 4.29. The van der Waals surface area contributed by atoms with Gasteiger partial charge in [0, 0.05) is 25.3 Å². The predicted octanol–water partition coefficient (Wildman–Crippen LogP) is 2.67. The number of aryl methyl sites for hydroxylation is 1. The fraction of sp³-hybridized carbons (Fsp3) is 0.667. The lowest BCUT2D eigenvalue weighted by atomic mass is 9.90. The molecule has 1 aromatic rings. The topological polar surface area (TPSA) is 18.5 Å². The zero-order chi connectivity index (χ0) is 14.8. The van der Waals surface area contributed by atoms with Gasteiger partial charge in [0.05, 0.1) is 0 Å². The molecule has 3 rings (SSSR count). The zero-order valence-corrected chi connectivity index (χ0v) is 13.7. The van der Waals surface area contributed by atoms with Gasteiger partial charge in [0.2, 0.25) is 0 Å². The monoisotopic (exact) mass is 287 g/mol. The molecule has 3 heteroatoms. The molecule has 0 bridgehead atoms.